The predicted molar refractivity (Wildman–Crippen MR) is 74.2 cm³/mol. The van der Waals surface area contributed by atoms with Crippen LogP contribution in [-0.2, 0) is 0 Å². The van der Waals surface area contributed by atoms with Crippen molar-refractivity contribution < 1.29 is 0 Å². The van der Waals surface area contributed by atoms with Crippen LogP contribution in [0.25, 0.3) is 10.2 Å². The number of thiophene rings is 1. The standard InChI is InChI=1S/C12H11N5S/c1-8-6-18-11-10(8)14-7-15-12(11)17-16-5-9-3-2-4-13-9/h2-7,13H,1H3,(H,14,15,17)/b16-5+. The highest BCUT2D eigenvalue weighted by Crippen LogP contribution is 2.28. The van der Waals surface area contributed by atoms with Crippen molar-refractivity contribution in [2.45, 2.75) is 6.92 Å². The molecule has 3 aromatic rings. The molecule has 0 aromatic carbocycles. The van der Waals surface area contributed by atoms with Gasteiger partial charge in [-0.2, -0.15) is 5.10 Å². The average Bonchev–Trinajstić information content (AvgIpc) is 3.01. The number of anilines is 1. The minimum Gasteiger partial charge on any atom is -0.360 e. The quantitative estimate of drug-likeness (QED) is 0.560. The Morgan fingerprint density at radius 3 is 3.22 bits per heavy atom. The lowest BCUT2D eigenvalue weighted by Crippen LogP contribution is -1.94. The van der Waals surface area contributed by atoms with Gasteiger partial charge >= 0.3 is 0 Å². The Morgan fingerprint density at radius 2 is 2.39 bits per heavy atom. The summed E-state index contributed by atoms with van der Waals surface area (Å²) < 4.78 is 1.03. The molecule has 0 aliphatic carbocycles. The molecule has 3 aromatic heterocycles. The Hall–Kier alpha value is -2.21. The van der Waals surface area contributed by atoms with Crippen LogP contribution in [0.4, 0.5) is 5.82 Å². The zero-order valence-electron chi connectivity index (χ0n) is 9.71. The van der Waals surface area contributed by atoms with Gasteiger partial charge in [-0.1, -0.05) is 0 Å². The van der Waals surface area contributed by atoms with Crippen LogP contribution < -0.4 is 5.43 Å². The van der Waals surface area contributed by atoms with E-state index in [0.717, 1.165) is 27.3 Å². The van der Waals surface area contributed by atoms with E-state index < -0.39 is 0 Å². The monoisotopic (exact) mass is 257 g/mol. The summed E-state index contributed by atoms with van der Waals surface area (Å²) in [5.41, 5.74) is 6.03. The molecular formula is C12H11N5S. The molecule has 0 radical (unpaired) electrons. The highest BCUT2D eigenvalue weighted by molar-refractivity contribution is 7.18. The van der Waals surface area contributed by atoms with Gasteiger partial charge in [-0.3, -0.25) is 5.43 Å². The van der Waals surface area contributed by atoms with Crippen molar-refractivity contribution in [1.29, 1.82) is 0 Å². The van der Waals surface area contributed by atoms with Crippen molar-refractivity contribution in [1.82, 2.24) is 15.0 Å². The fourth-order valence-electron chi connectivity index (χ4n) is 1.64. The number of aryl methyl sites for hydroxylation is 1. The summed E-state index contributed by atoms with van der Waals surface area (Å²) in [5, 5.41) is 6.22. The molecule has 0 saturated heterocycles. The lowest BCUT2D eigenvalue weighted by Gasteiger charge is -1.99. The summed E-state index contributed by atoms with van der Waals surface area (Å²) in [7, 11) is 0. The van der Waals surface area contributed by atoms with Gasteiger partial charge in [-0.05, 0) is 30.0 Å². The molecule has 18 heavy (non-hydrogen) atoms. The molecule has 3 rings (SSSR count). The van der Waals surface area contributed by atoms with E-state index in [1.807, 2.05) is 25.3 Å². The lowest BCUT2D eigenvalue weighted by atomic mass is 10.3. The molecule has 0 bridgehead atoms. The molecule has 2 N–H and O–H groups in total. The first kappa shape index (κ1) is 10.9. The average molecular weight is 257 g/mol. The van der Waals surface area contributed by atoms with E-state index in [1.165, 1.54) is 0 Å². The number of H-pyrrole nitrogens is 1. The Labute approximate surface area is 108 Å². The second-order valence-electron chi connectivity index (χ2n) is 3.81. The second kappa shape index (κ2) is 4.58. The fraction of sp³-hybridized carbons (Fsp3) is 0.0833. The van der Waals surface area contributed by atoms with Gasteiger partial charge in [0.05, 0.1) is 22.1 Å². The van der Waals surface area contributed by atoms with Gasteiger partial charge in [0.25, 0.3) is 0 Å². The summed E-state index contributed by atoms with van der Waals surface area (Å²) in [5.74, 6) is 0.737. The minimum absolute atomic E-state index is 0.737. The van der Waals surface area contributed by atoms with E-state index in [-0.39, 0.29) is 0 Å². The first-order valence-corrected chi connectivity index (χ1v) is 6.34. The third kappa shape index (κ3) is 1.98. The third-order valence-electron chi connectivity index (χ3n) is 2.53. The summed E-state index contributed by atoms with van der Waals surface area (Å²) >= 11 is 1.62. The Kier molecular flexibility index (Phi) is 2.77. The smallest absolute Gasteiger partial charge is 0.167 e. The van der Waals surface area contributed by atoms with Gasteiger partial charge in [-0.25, -0.2) is 9.97 Å². The van der Waals surface area contributed by atoms with Crippen LogP contribution in [0, 0.1) is 6.92 Å². The molecule has 5 nitrogen and oxygen atoms in total. The summed E-state index contributed by atoms with van der Waals surface area (Å²) in [6.07, 6.45) is 5.12. The maximum Gasteiger partial charge on any atom is 0.167 e. The molecule has 0 aliphatic heterocycles. The molecule has 0 saturated carbocycles. The van der Waals surface area contributed by atoms with Crippen molar-refractivity contribution in [2.24, 2.45) is 5.10 Å². The molecule has 0 fully saturated rings. The Bertz CT molecular complexity index is 684. The fourth-order valence-corrected chi connectivity index (χ4v) is 2.58. The minimum atomic E-state index is 0.737. The molecule has 90 valence electrons. The summed E-state index contributed by atoms with van der Waals surface area (Å²) in [6.45, 7) is 2.04. The molecule has 0 unspecified atom stereocenters. The van der Waals surface area contributed by atoms with Crippen molar-refractivity contribution in [2.75, 3.05) is 5.43 Å². The van der Waals surface area contributed by atoms with Gasteiger partial charge in [0.2, 0.25) is 0 Å². The van der Waals surface area contributed by atoms with Gasteiger partial charge in [-0.15, -0.1) is 11.3 Å². The molecule has 6 heteroatoms. The topological polar surface area (TPSA) is 66.0 Å². The molecule has 3 heterocycles. The van der Waals surface area contributed by atoms with Crippen molar-refractivity contribution in [3.05, 3.63) is 41.3 Å². The number of aromatic amines is 1. The maximum atomic E-state index is 4.26. The van der Waals surface area contributed by atoms with Gasteiger partial charge in [0, 0.05) is 6.20 Å². The molecule has 0 amide bonds. The number of hydrazone groups is 1. The second-order valence-corrected chi connectivity index (χ2v) is 4.69. The largest absolute Gasteiger partial charge is 0.360 e. The lowest BCUT2D eigenvalue weighted by molar-refractivity contribution is 1.18. The van der Waals surface area contributed by atoms with Crippen molar-refractivity contribution >= 4 is 33.6 Å². The van der Waals surface area contributed by atoms with E-state index in [1.54, 1.807) is 23.9 Å². The first-order chi connectivity index (χ1) is 8.84. The maximum absolute atomic E-state index is 4.26. The molecule has 0 atom stereocenters. The van der Waals surface area contributed by atoms with E-state index in [9.17, 15) is 0 Å². The van der Waals surface area contributed by atoms with Gasteiger partial charge in [0.1, 0.15) is 6.33 Å². The van der Waals surface area contributed by atoms with Crippen molar-refractivity contribution in [3.63, 3.8) is 0 Å². The highest BCUT2D eigenvalue weighted by atomic mass is 32.1. The molecule has 0 aliphatic rings. The van der Waals surface area contributed by atoms with E-state index in [4.69, 9.17) is 0 Å². The van der Waals surface area contributed by atoms with Crippen molar-refractivity contribution in [3.8, 4) is 0 Å². The number of nitrogens with one attached hydrogen (secondary N) is 2. The highest BCUT2D eigenvalue weighted by Gasteiger charge is 2.06. The van der Waals surface area contributed by atoms with E-state index >= 15 is 0 Å². The summed E-state index contributed by atoms with van der Waals surface area (Å²) in [6, 6.07) is 3.86. The van der Waals surface area contributed by atoms with Crippen LogP contribution in [-0.4, -0.2) is 21.2 Å². The Balaban J connectivity index is 1.87. The molecular weight excluding hydrogens is 246 g/mol. The van der Waals surface area contributed by atoms with Gasteiger partial charge in [0.15, 0.2) is 5.82 Å². The molecule has 0 spiro atoms. The number of aromatic nitrogens is 3. The predicted octanol–water partition coefficient (Wildman–Crippen LogP) is 2.77. The van der Waals surface area contributed by atoms with E-state index in [2.05, 4.69) is 30.9 Å². The zero-order chi connectivity index (χ0) is 12.4. The number of fused-ring (bicyclic) bond motifs is 1. The van der Waals surface area contributed by atoms with Crippen LogP contribution in [0.15, 0.2) is 35.1 Å². The van der Waals surface area contributed by atoms with Crippen LogP contribution in [0.1, 0.15) is 11.3 Å². The summed E-state index contributed by atoms with van der Waals surface area (Å²) in [4.78, 5) is 11.5. The van der Waals surface area contributed by atoms with E-state index in [0.29, 0.717) is 0 Å². The number of nitrogens with zero attached hydrogens (tertiary/aromatic N) is 3. The first-order valence-electron chi connectivity index (χ1n) is 5.46. The third-order valence-corrected chi connectivity index (χ3v) is 3.62. The normalized spacial score (nSPS) is 11.4. The van der Waals surface area contributed by atoms with Crippen LogP contribution in [0.2, 0.25) is 0 Å². The van der Waals surface area contributed by atoms with Gasteiger partial charge < -0.3 is 4.98 Å². The van der Waals surface area contributed by atoms with Crippen LogP contribution in [0.3, 0.4) is 0 Å². The van der Waals surface area contributed by atoms with Crippen LogP contribution >= 0.6 is 11.3 Å². The van der Waals surface area contributed by atoms with Crippen LogP contribution in [0.5, 0.6) is 0 Å². The zero-order valence-corrected chi connectivity index (χ0v) is 10.5. The number of hydrogen-bond donors (Lipinski definition) is 2. The number of rotatable bonds is 3. The SMILES string of the molecule is Cc1csc2c(N/N=C/c3ccc[nH]3)ncnc12. The number of hydrogen-bond acceptors (Lipinski definition) is 5. The Morgan fingerprint density at radius 1 is 1.44 bits per heavy atom.